The first kappa shape index (κ1) is 18.7. The van der Waals surface area contributed by atoms with E-state index < -0.39 is 5.91 Å². The third-order valence-electron chi connectivity index (χ3n) is 5.36. The Morgan fingerprint density at radius 1 is 1.32 bits per heavy atom. The van der Waals surface area contributed by atoms with Crippen LogP contribution in [0.3, 0.4) is 0 Å². The molecule has 4 aromatic rings. The summed E-state index contributed by atoms with van der Waals surface area (Å²) in [5.74, 6) is -0.759. The standard InChI is InChI=1S/C21H18N8O2/c1-12-2-3-16-19(26-11-29(16)8-12)15-6-24-20-18(27-15)14(5-23-20)21(31)25-7-17(30)28-9-13(4-22)10-28/h2-3,5-6,8,11,13H,7,9-10H2,1H3,(H,23,24)(H,25,31). The SMILES string of the molecule is Cc1ccc2c(-c3cnc4[nH]cc(C(=O)NCC(=O)N5CC(C#N)C5)c4n3)ncn2c1. The molecule has 1 saturated heterocycles. The Balaban J connectivity index is 1.38. The van der Waals surface area contributed by atoms with E-state index in [1.54, 1.807) is 17.4 Å². The molecule has 0 aliphatic carbocycles. The Morgan fingerprint density at radius 2 is 2.16 bits per heavy atom. The summed E-state index contributed by atoms with van der Waals surface area (Å²) >= 11 is 0. The van der Waals surface area contributed by atoms with Crippen LogP contribution >= 0.6 is 0 Å². The zero-order valence-corrected chi connectivity index (χ0v) is 16.7. The van der Waals surface area contributed by atoms with E-state index in [0.717, 1.165) is 11.1 Å². The Morgan fingerprint density at radius 3 is 2.97 bits per heavy atom. The number of aromatic nitrogens is 5. The lowest BCUT2D eigenvalue weighted by atomic mass is 10.0. The van der Waals surface area contributed by atoms with E-state index in [2.05, 4.69) is 31.3 Å². The molecule has 0 radical (unpaired) electrons. The van der Waals surface area contributed by atoms with Gasteiger partial charge in [-0.05, 0) is 18.6 Å². The van der Waals surface area contributed by atoms with Crippen LogP contribution < -0.4 is 5.32 Å². The Labute approximate surface area is 176 Å². The van der Waals surface area contributed by atoms with E-state index in [1.807, 2.05) is 29.7 Å². The van der Waals surface area contributed by atoms with Crippen molar-refractivity contribution < 1.29 is 9.59 Å². The summed E-state index contributed by atoms with van der Waals surface area (Å²) in [5, 5.41) is 11.4. The van der Waals surface area contributed by atoms with Gasteiger partial charge in [-0.1, -0.05) is 6.07 Å². The van der Waals surface area contributed by atoms with Gasteiger partial charge in [-0.3, -0.25) is 9.59 Å². The van der Waals surface area contributed by atoms with Crippen LogP contribution in [0.1, 0.15) is 15.9 Å². The van der Waals surface area contributed by atoms with Crippen molar-refractivity contribution in [3.05, 3.63) is 48.2 Å². The van der Waals surface area contributed by atoms with Gasteiger partial charge in [0.2, 0.25) is 5.91 Å². The zero-order chi connectivity index (χ0) is 21.5. The average Bonchev–Trinajstić information content (AvgIpc) is 3.34. The van der Waals surface area contributed by atoms with Gasteiger partial charge < -0.3 is 19.6 Å². The molecule has 1 aliphatic heterocycles. The topological polar surface area (TPSA) is 132 Å². The normalized spacial score (nSPS) is 13.9. The molecule has 31 heavy (non-hydrogen) atoms. The molecule has 5 rings (SSSR count). The number of imidazole rings is 1. The number of nitriles is 1. The molecule has 0 unspecified atom stereocenters. The number of aromatic amines is 1. The second kappa shape index (κ2) is 7.21. The van der Waals surface area contributed by atoms with Crippen LogP contribution in [0.15, 0.2) is 37.1 Å². The van der Waals surface area contributed by atoms with Gasteiger partial charge in [0.15, 0.2) is 5.65 Å². The number of likely N-dealkylation sites (tertiary alicyclic amines) is 1. The van der Waals surface area contributed by atoms with Gasteiger partial charge in [-0.2, -0.15) is 5.26 Å². The molecule has 1 aliphatic rings. The number of aryl methyl sites for hydroxylation is 1. The smallest absolute Gasteiger partial charge is 0.255 e. The molecule has 0 spiro atoms. The molecule has 10 heteroatoms. The van der Waals surface area contributed by atoms with E-state index in [9.17, 15) is 9.59 Å². The number of nitrogens with zero attached hydrogens (tertiary/aromatic N) is 6. The second-order valence-electron chi connectivity index (χ2n) is 7.55. The Bertz CT molecular complexity index is 1370. The van der Waals surface area contributed by atoms with E-state index in [-0.39, 0.29) is 18.4 Å². The number of hydrogen-bond acceptors (Lipinski definition) is 6. The molecule has 0 saturated carbocycles. The molecule has 4 aromatic heterocycles. The van der Waals surface area contributed by atoms with Gasteiger partial charge in [0.1, 0.15) is 23.2 Å². The quantitative estimate of drug-likeness (QED) is 0.517. The monoisotopic (exact) mass is 414 g/mol. The number of nitrogens with one attached hydrogen (secondary N) is 2. The lowest BCUT2D eigenvalue weighted by Crippen LogP contribution is -2.52. The highest BCUT2D eigenvalue weighted by atomic mass is 16.2. The second-order valence-corrected chi connectivity index (χ2v) is 7.55. The van der Waals surface area contributed by atoms with Gasteiger partial charge in [0.25, 0.3) is 5.91 Å². The van der Waals surface area contributed by atoms with Crippen molar-refractivity contribution in [1.29, 1.82) is 5.26 Å². The molecule has 10 nitrogen and oxygen atoms in total. The average molecular weight is 414 g/mol. The lowest BCUT2D eigenvalue weighted by molar-refractivity contribution is -0.135. The van der Waals surface area contributed by atoms with Crippen LogP contribution in [0.4, 0.5) is 0 Å². The molecule has 2 N–H and O–H groups in total. The van der Waals surface area contributed by atoms with Crippen molar-refractivity contribution >= 4 is 28.5 Å². The number of amides is 2. The minimum absolute atomic E-state index is 0.120. The Hall–Kier alpha value is -4.26. The van der Waals surface area contributed by atoms with Crippen LogP contribution in [-0.2, 0) is 4.79 Å². The lowest BCUT2D eigenvalue weighted by Gasteiger charge is -2.35. The summed E-state index contributed by atoms with van der Waals surface area (Å²) in [6.07, 6.45) is 6.83. The largest absolute Gasteiger partial charge is 0.344 e. The number of rotatable bonds is 4. The highest BCUT2D eigenvalue weighted by molar-refractivity contribution is 6.05. The predicted molar refractivity (Wildman–Crippen MR) is 111 cm³/mol. The number of pyridine rings is 1. The van der Waals surface area contributed by atoms with Crippen molar-refractivity contribution in [2.75, 3.05) is 19.6 Å². The van der Waals surface area contributed by atoms with Crippen LogP contribution in [0.2, 0.25) is 0 Å². The van der Waals surface area contributed by atoms with Crippen LogP contribution in [-0.4, -0.2) is 60.7 Å². The fourth-order valence-corrected chi connectivity index (χ4v) is 3.61. The number of hydrogen-bond donors (Lipinski definition) is 2. The molecule has 1 fully saturated rings. The fraction of sp³-hybridized carbons (Fsp3) is 0.238. The van der Waals surface area contributed by atoms with Gasteiger partial charge in [0, 0.05) is 25.5 Å². The van der Waals surface area contributed by atoms with Gasteiger partial charge >= 0.3 is 0 Å². The summed E-state index contributed by atoms with van der Waals surface area (Å²) in [7, 11) is 0. The van der Waals surface area contributed by atoms with Crippen molar-refractivity contribution in [2.24, 2.45) is 5.92 Å². The van der Waals surface area contributed by atoms with Crippen LogP contribution in [0.25, 0.3) is 28.1 Å². The van der Waals surface area contributed by atoms with E-state index in [4.69, 9.17) is 5.26 Å². The van der Waals surface area contributed by atoms with Crippen molar-refractivity contribution in [3.63, 3.8) is 0 Å². The summed E-state index contributed by atoms with van der Waals surface area (Å²) in [4.78, 5) is 42.8. The van der Waals surface area contributed by atoms with Crippen LogP contribution in [0.5, 0.6) is 0 Å². The van der Waals surface area contributed by atoms with Gasteiger partial charge in [-0.25, -0.2) is 15.0 Å². The fourth-order valence-electron chi connectivity index (χ4n) is 3.61. The molecule has 0 atom stereocenters. The van der Waals surface area contributed by atoms with E-state index in [1.165, 1.54) is 6.20 Å². The van der Waals surface area contributed by atoms with Gasteiger partial charge in [-0.15, -0.1) is 0 Å². The molecule has 2 amide bonds. The highest BCUT2D eigenvalue weighted by Gasteiger charge is 2.30. The zero-order valence-electron chi connectivity index (χ0n) is 16.7. The minimum atomic E-state index is -0.422. The maximum Gasteiger partial charge on any atom is 0.255 e. The van der Waals surface area contributed by atoms with Crippen molar-refractivity contribution in [1.82, 2.24) is 34.6 Å². The van der Waals surface area contributed by atoms with Crippen molar-refractivity contribution in [3.8, 4) is 17.5 Å². The number of fused-ring (bicyclic) bond motifs is 2. The summed E-state index contributed by atoms with van der Waals surface area (Å²) in [5.41, 5.74) is 4.39. The summed E-state index contributed by atoms with van der Waals surface area (Å²) in [6, 6.07) is 6.08. The van der Waals surface area contributed by atoms with Crippen LogP contribution in [0, 0.1) is 24.2 Å². The highest BCUT2D eigenvalue weighted by Crippen LogP contribution is 2.24. The molecule has 0 bridgehead atoms. The van der Waals surface area contributed by atoms with E-state index >= 15 is 0 Å². The molecular formula is C21H18N8O2. The molecular weight excluding hydrogens is 396 g/mol. The predicted octanol–water partition coefficient (Wildman–Crippen LogP) is 1.29. The first-order valence-corrected chi connectivity index (χ1v) is 9.77. The maximum absolute atomic E-state index is 12.7. The summed E-state index contributed by atoms with van der Waals surface area (Å²) < 4.78 is 1.92. The Kier molecular flexibility index (Phi) is 4.36. The third kappa shape index (κ3) is 3.26. The molecule has 154 valence electrons. The third-order valence-corrected chi connectivity index (χ3v) is 5.36. The van der Waals surface area contributed by atoms with E-state index in [0.29, 0.717) is 41.2 Å². The van der Waals surface area contributed by atoms with Crippen molar-refractivity contribution in [2.45, 2.75) is 6.92 Å². The molecule has 0 aromatic carbocycles. The summed E-state index contributed by atoms with van der Waals surface area (Å²) in [6.45, 7) is 2.68. The number of carbonyl (C=O) groups is 2. The molecule has 5 heterocycles. The first-order valence-electron chi connectivity index (χ1n) is 9.77. The number of H-pyrrole nitrogens is 1. The maximum atomic E-state index is 12.7. The minimum Gasteiger partial charge on any atom is -0.344 e. The first-order chi connectivity index (χ1) is 15.0. The van der Waals surface area contributed by atoms with Gasteiger partial charge in [0.05, 0.1) is 35.8 Å². The number of carbonyl (C=O) groups excluding carboxylic acids is 2.